The Bertz CT molecular complexity index is 646. The summed E-state index contributed by atoms with van der Waals surface area (Å²) < 4.78 is 26.4. The number of hydrogen-bond donors (Lipinski definition) is 2. The first-order valence-corrected chi connectivity index (χ1v) is 5.46. The van der Waals surface area contributed by atoms with E-state index in [9.17, 15) is 8.78 Å². The highest BCUT2D eigenvalue weighted by molar-refractivity contribution is 5.81. The molecule has 92 valence electrons. The molecule has 2 N–H and O–H groups in total. The third-order valence-corrected chi connectivity index (χ3v) is 2.82. The van der Waals surface area contributed by atoms with Crippen LogP contribution in [0.25, 0.3) is 17.5 Å². The van der Waals surface area contributed by atoms with Crippen molar-refractivity contribution < 1.29 is 8.78 Å². The molecule has 0 saturated carbocycles. The topological polar surface area (TPSA) is 53.6 Å². The molecule has 1 aliphatic rings. The summed E-state index contributed by atoms with van der Waals surface area (Å²) in [5.41, 5.74) is 1.57. The van der Waals surface area contributed by atoms with Gasteiger partial charge in [0.1, 0.15) is 11.6 Å². The molecule has 3 rings (SSSR count). The van der Waals surface area contributed by atoms with E-state index in [4.69, 9.17) is 0 Å². The smallest absolute Gasteiger partial charge is 0.162 e. The minimum Gasteiger partial charge on any atom is -0.365 e. The predicted octanol–water partition coefficient (Wildman–Crippen LogP) is 2.66. The number of fused-ring (bicyclic) bond motifs is 1. The Morgan fingerprint density at radius 2 is 2.17 bits per heavy atom. The number of aryl methyl sites for hydroxylation is 1. The zero-order chi connectivity index (χ0) is 12.7. The molecule has 0 aromatic carbocycles. The van der Waals surface area contributed by atoms with E-state index < -0.39 is 5.82 Å². The molecule has 0 atom stereocenters. The molecule has 0 fully saturated rings. The number of aromatic amines is 1. The minimum absolute atomic E-state index is 0.163. The van der Waals surface area contributed by atoms with Crippen LogP contribution >= 0.6 is 0 Å². The van der Waals surface area contributed by atoms with Gasteiger partial charge in [0.2, 0.25) is 0 Å². The van der Waals surface area contributed by atoms with Crippen LogP contribution in [0.5, 0.6) is 0 Å². The Labute approximate surface area is 102 Å². The zero-order valence-electron chi connectivity index (χ0n) is 9.59. The molecule has 2 aromatic rings. The molecule has 0 bridgehead atoms. The normalized spacial score (nSPS) is 13.8. The van der Waals surface area contributed by atoms with Crippen molar-refractivity contribution in [3.8, 4) is 11.4 Å². The van der Waals surface area contributed by atoms with Crippen LogP contribution in [0, 0.1) is 12.7 Å². The molecule has 0 unspecified atom stereocenters. The van der Waals surface area contributed by atoms with Gasteiger partial charge in [-0.3, -0.25) is 0 Å². The molecular formula is C12H10F2N4. The van der Waals surface area contributed by atoms with Crippen molar-refractivity contribution in [2.45, 2.75) is 6.92 Å². The molecule has 3 heterocycles. The van der Waals surface area contributed by atoms with Crippen LogP contribution in [-0.4, -0.2) is 21.5 Å². The van der Waals surface area contributed by atoms with E-state index in [2.05, 4.69) is 20.3 Å². The molecular weight excluding hydrogens is 238 g/mol. The first-order valence-electron chi connectivity index (χ1n) is 5.46. The van der Waals surface area contributed by atoms with E-state index >= 15 is 0 Å². The molecule has 18 heavy (non-hydrogen) atoms. The summed E-state index contributed by atoms with van der Waals surface area (Å²) in [4.78, 5) is 11.0. The summed E-state index contributed by atoms with van der Waals surface area (Å²) in [5, 5.41) is 2.90. The summed E-state index contributed by atoms with van der Waals surface area (Å²) in [6.45, 7) is 1.73. The van der Waals surface area contributed by atoms with Gasteiger partial charge in [0.05, 0.1) is 18.4 Å². The fraction of sp³-hybridized carbons (Fsp3) is 0.167. The van der Waals surface area contributed by atoms with Gasteiger partial charge in [-0.2, -0.15) is 0 Å². The molecule has 0 radical (unpaired) electrons. The Morgan fingerprint density at radius 3 is 2.94 bits per heavy atom. The number of hydrogen-bond acceptors (Lipinski definition) is 3. The highest BCUT2D eigenvalue weighted by Gasteiger charge is 2.18. The van der Waals surface area contributed by atoms with Crippen LogP contribution in [0.15, 0.2) is 18.2 Å². The number of halogens is 2. The molecule has 2 aromatic heterocycles. The quantitative estimate of drug-likeness (QED) is 0.815. The van der Waals surface area contributed by atoms with E-state index in [1.807, 2.05) is 0 Å². The third kappa shape index (κ3) is 1.66. The average molecular weight is 248 g/mol. The van der Waals surface area contributed by atoms with Crippen molar-refractivity contribution >= 4 is 11.9 Å². The van der Waals surface area contributed by atoms with Crippen LogP contribution in [0.4, 0.5) is 14.6 Å². The fourth-order valence-corrected chi connectivity index (χ4v) is 1.88. The molecule has 4 nitrogen and oxygen atoms in total. The largest absolute Gasteiger partial charge is 0.365 e. The molecule has 0 aliphatic carbocycles. The number of anilines is 1. The number of aromatic nitrogens is 3. The lowest BCUT2D eigenvalue weighted by atomic mass is 10.1. The maximum absolute atomic E-state index is 13.3. The third-order valence-electron chi connectivity index (χ3n) is 2.82. The van der Waals surface area contributed by atoms with E-state index in [1.165, 1.54) is 6.08 Å². The molecule has 1 aliphatic heterocycles. The lowest BCUT2D eigenvalue weighted by Gasteiger charge is -2.11. The molecule has 0 saturated heterocycles. The first-order chi connectivity index (χ1) is 8.65. The SMILES string of the molecule is Cc1nc(-c2c[nH]c3c2C=C(F)CN3)ncc1F. The summed E-state index contributed by atoms with van der Waals surface area (Å²) in [6, 6.07) is 0. The van der Waals surface area contributed by atoms with Crippen molar-refractivity contribution in [2.24, 2.45) is 0 Å². The second-order valence-corrected chi connectivity index (χ2v) is 4.06. The summed E-state index contributed by atoms with van der Waals surface area (Å²) >= 11 is 0. The lowest BCUT2D eigenvalue weighted by Crippen LogP contribution is -2.07. The summed E-state index contributed by atoms with van der Waals surface area (Å²) in [6.07, 6.45) is 4.23. The van der Waals surface area contributed by atoms with Gasteiger partial charge >= 0.3 is 0 Å². The van der Waals surface area contributed by atoms with Gasteiger partial charge in [0, 0.05) is 17.3 Å². The highest BCUT2D eigenvalue weighted by atomic mass is 19.1. The van der Waals surface area contributed by atoms with Gasteiger partial charge in [0.25, 0.3) is 0 Å². The van der Waals surface area contributed by atoms with E-state index in [0.29, 0.717) is 17.0 Å². The molecule has 0 amide bonds. The Hall–Kier alpha value is -2.24. The molecule has 0 spiro atoms. The summed E-state index contributed by atoms with van der Waals surface area (Å²) in [7, 11) is 0. The van der Waals surface area contributed by atoms with Crippen molar-refractivity contribution in [3.63, 3.8) is 0 Å². The van der Waals surface area contributed by atoms with Gasteiger partial charge in [-0.25, -0.2) is 18.7 Å². The van der Waals surface area contributed by atoms with Crippen LogP contribution < -0.4 is 5.32 Å². The van der Waals surface area contributed by atoms with Crippen LogP contribution in [-0.2, 0) is 0 Å². The predicted molar refractivity (Wildman–Crippen MR) is 64.1 cm³/mol. The maximum Gasteiger partial charge on any atom is 0.162 e. The van der Waals surface area contributed by atoms with Crippen LogP contribution in [0.2, 0.25) is 0 Å². The lowest BCUT2D eigenvalue weighted by molar-refractivity contribution is 0.602. The Balaban J connectivity index is 2.14. The van der Waals surface area contributed by atoms with E-state index in [0.717, 1.165) is 12.0 Å². The van der Waals surface area contributed by atoms with E-state index in [-0.39, 0.29) is 18.1 Å². The van der Waals surface area contributed by atoms with Gasteiger partial charge in [-0.1, -0.05) is 0 Å². The van der Waals surface area contributed by atoms with Crippen LogP contribution in [0.1, 0.15) is 11.3 Å². The van der Waals surface area contributed by atoms with Crippen molar-refractivity contribution in [1.29, 1.82) is 0 Å². The maximum atomic E-state index is 13.3. The van der Waals surface area contributed by atoms with Gasteiger partial charge < -0.3 is 10.3 Å². The number of nitrogens with zero attached hydrogens (tertiary/aromatic N) is 2. The standard InChI is InChI=1S/C12H10F2N4/c1-6-10(14)5-17-12(18-6)9-4-16-11-8(9)2-7(13)3-15-11/h2,4-5,15-16H,3H2,1H3. The van der Waals surface area contributed by atoms with Gasteiger partial charge in [-0.05, 0) is 13.0 Å². The average Bonchev–Trinajstić information content (AvgIpc) is 2.75. The Kier molecular flexibility index (Phi) is 2.36. The monoisotopic (exact) mass is 248 g/mol. The second kappa shape index (κ2) is 3.90. The van der Waals surface area contributed by atoms with Crippen molar-refractivity contribution in [2.75, 3.05) is 11.9 Å². The highest BCUT2D eigenvalue weighted by Crippen LogP contribution is 2.32. The first kappa shape index (κ1) is 10.9. The second-order valence-electron chi connectivity index (χ2n) is 4.06. The minimum atomic E-state index is -0.456. The fourth-order valence-electron chi connectivity index (χ4n) is 1.88. The van der Waals surface area contributed by atoms with Gasteiger partial charge in [0.15, 0.2) is 11.6 Å². The van der Waals surface area contributed by atoms with E-state index in [1.54, 1.807) is 13.1 Å². The number of rotatable bonds is 1. The van der Waals surface area contributed by atoms with Crippen LogP contribution in [0.3, 0.4) is 0 Å². The molecule has 6 heteroatoms. The van der Waals surface area contributed by atoms with Crippen molar-refractivity contribution in [3.05, 3.63) is 35.3 Å². The number of H-pyrrole nitrogens is 1. The zero-order valence-corrected chi connectivity index (χ0v) is 9.59. The van der Waals surface area contributed by atoms with Gasteiger partial charge in [-0.15, -0.1) is 0 Å². The number of nitrogens with one attached hydrogen (secondary N) is 2. The Morgan fingerprint density at radius 1 is 1.33 bits per heavy atom. The van der Waals surface area contributed by atoms with Crippen molar-refractivity contribution in [1.82, 2.24) is 15.0 Å². The summed E-state index contributed by atoms with van der Waals surface area (Å²) in [5.74, 6) is 0.376.